The summed E-state index contributed by atoms with van der Waals surface area (Å²) in [4.78, 5) is 0. The number of rotatable bonds is 5. The van der Waals surface area contributed by atoms with Gasteiger partial charge in [0.15, 0.2) is 11.6 Å². The Morgan fingerprint density at radius 3 is 2.72 bits per heavy atom. The maximum Gasteiger partial charge on any atom is 0.165 e. The summed E-state index contributed by atoms with van der Waals surface area (Å²) in [7, 11) is 0. The van der Waals surface area contributed by atoms with E-state index in [4.69, 9.17) is 5.11 Å². The van der Waals surface area contributed by atoms with E-state index in [9.17, 15) is 4.39 Å². The molecule has 0 saturated heterocycles. The minimum Gasteiger partial charge on any atom is -0.505 e. The first-order chi connectivity index (χ1) is 8.75. The normalized spacial score (nSPS) is 16.9. The number of phenols is 1. The van der Waals surface area contributed by atoms with Crippen LogP contribution in [0.4, 0.5) is 4.39 Å². The van der Waals surface area contributed by atoms with Gasteiger partial charge in [0.1, 0.15) is 0 Å². The average Bonchev–Trinajstić information content (AvgIpc) is 2.40. The van der Waals surface area contributed by atoms with Gasteiger partial charge in [-0.1, -0.05) is 38.2 Å². The molecule has 1 aliphatic rings. The molecule has 1 aromatic carbocycles. The Morgan fingerprint density at radius 1 is 1.22 bits per heavy atom. The summed E-state index contributed by atoms with van der Waals surface area (Å²) >= 11 is 0. The van der Waals surface area contributed by atoms with Gasteiger partial charge in [-0.25, -0.2) is 4.39 Å². The van der Waals surface area contributed by atoms with E-state index in [1.54, 1.807) is 6.07 Å². The van der Waals surface area contributed by atoms with Gasteiger partial charge >= 0.3 is 0 Å². The van der Waals surface area contributed by atoms with Crippen molar-refractivity contribution in [3.05, 3.63) is 29.6 Å². The highest BCUT2D eigenvalue weighted by Gasteiger charge is 2.12. The zero-order valence-corrected chi connectivity index (χ0v) is 10.8. The summed E-state index contributed by atoms with van der Waals surface area (Å²) in [6.07, 6.45) is 8.13. The molecule has 18 heavy (non-hydrogen) atoms. The average molecular weight is 251 g/mol. The van der Waals surface area contributed by atoms with Crippen LogP contribution in [0.1, 0.15) is 44.1 Å². The molecule has 2 N–H and O–H groups in total. The molecule has 1 fully saturated rings. The summed E-state index contributed by atoms with van der Waals surface area (Å²) in [5.41, 5.74) is 0.883. The van der Waals surface area contributed by atoms with Crippen molar-refractivity contribution >= 4 is 0 Å². The van der Waals surface area contributed by atoms with Crippen LogP contribution in [0.15, 0.2) is 18.2 Å². The molecule has 2 rings (SSSR count). The molecule has 1 saturated carbocycles. The SMILES string of the molecule is Oc1ccc(CNCCC2CCCCC2)cc1F. The van der Waals surface area contributed by atoms with E-state index in [1.807, 2.05) is 0 Å². The minimum absolute atomic E-state index is 0.277. The number of benzene rings is 1. The van der Waals surface area contributed by atoms with E-state index < -0.39 is 5.82 Å². The molecule has 0 unspecified atom stereocenters. The number of nitrogens with one attached hydrogen (secondary N) is 1. The summed E-state index contributed by atoms with van der Waals surface area (Å²) in [6.45, 7) is 1.66. The molecule has 0 heterocycles. The largest absolute Gasteiger partial charge is 0.505 e. The number of hydrogen-bond acceptors (Lipinski definition) is 2. The van der Waals surface area contributed by atoms with Gasteiger partial charge in [-0.15, -0.1) is 0 Å². The fraction of sp³-hybridized carbons (Fsp3) is 0.600. The molecule has 2 nitrogen and oxygen atoms in total. The Bertz CT molecular complexity index is 375. The van der Waals surface area contributed by atoms with Crippen LogP contribution in [-0.4, -0.2) is 11.7 Å². The molecular weight excluding hydrogens is 229 g/mol. The molecule has 0 amide bonds. The van der Waals surface area contributed by atoms with Crippen LogP contribution in [0, 0.1) is 11.7 Å². The van der Waals surface area contributed by atoms with Crippen molar-refractivity contribution in [1.29, 1.82) is 0 Å². The van der Waals surface area contributed by atoms with Gasteiger partial charge in [0, 0.05) is 6.54 Å². The topological polar surface area (TPSA) is 32.3 Å². The molecule has 0 atom stereocenters. The van der Waals surface area contributed by atoms with Crippen LogP contribution in [0.25, 0.3) is 0 Å². The first-order valence-corrected chi connectivity index (χ1v) is 6.94. The predicted octanol–water partition coefficient (Wildman–Crippen LogP) is 3.59. The Hall–Kier alpha value is -1.09. The molecule has 0 radical (unpaired) electrons. The van der Waals surface area contributed by atoms with Crippen LogP contribution in [0.5, 0.6) is 5.75 Å². The predicted molar refractivity (Wildman–Crippen MR) is 71.0 cm³/mol. The van der Waals surface area contributed by atoms with E-state index in [1.165, 1.54) is 50.7 Å². The van der Waals surface area contributed by atoms with Gasteiger partial charge in [0.2, 0.25) is 0 Å². The van der Waals surface area contributed by atoms with E-state index >= 15 is 0 Å². The number of hydrogen-bond donors (Lipinski definition) is 2. The minimum atomic E-state index is -0.540. The highest BCUT2D eigenvalue weighted by molar-refractivity contribution is 5.27. The number of aromatic hydroxyl groups is 1. The Balaban J connectivity index is 1.66. The third-order valence-corrected chi connectivity index (χ3v) is 3.80. The van der Waals surface area contributed by atoms with E-state index in [-0.39, 0.29) is 5.75 Å². The van der Waals surface area contributed by atoms with Gasteiger partial charge < -0.3 is 10.4 Å². The smallest absolute Gasteiger partial charge is 0.165 e. The second-order valence-corrected chi connectivity index (χ2v) is 5.26. The van der Waals surface area contributed by atoms with Crippen LogP contribution in [0.2, 0.25) is 0 Å². The Labute approximate surface area is 108 Å². The zero-order chi connectivity index (χ0) is 12.8. The maximum atomic E-state index is 13.1. The third-order valence-electron chi connectivity index (χ3n) is 3.80. The van der Waals surface area contributed by atoms with Crippen LogP contribution in [0.3, 0.4) is 0 Å². The lowest BCUT2D eigenvalue weighted by molar-refractivity contribution is 0.334. The fourth-order valence-corrected chi connectivity index (χ4v) is 2.68. The molecule has 0 spiro atoms. The molecule has 0 aromatic heterocycles. The van der Waals surface area contributed by atoms with Crippen molar-refractivity contribution < 1.29 is 9.50 Å². The van der Waals surface area contributed by atoms with Crippen LogP contribution < -0.4 is 5.32 Å². The van der Waals surface area contributed by atoms with E-state index in [2.05, 4.69) is 5.32 Å². The van der Waals surface area contributed by atoms with Crippen LogP contribution >= 0.6 is 0 Å². The first kappa shape index (κ1) is 13.3. The zero-order valence-electron chi connectivity index (χ0n) is 10.8. The highest BCUT2D eigenvalue weighted by atomic mass is 19.1. The van der Waals surface area contributed by atoms with E-state index in [0.29, 0.717) is 6.54 Å². The molecular formula is C15H22FNO. The molecule has 100 valence electrons. The summed E-state index contributed by atoms with van der Waals surface area (Å²) in [6, 6.07) is 4.56. The summed E-state index contributed by atoms with van der Waals surface area (Å²) < 4.78 is 13.1. The van der Waals surface area contributed by atoms with Crippen molar-refractivity contribution in [2.24, 2.45) is 5.92 Å². The molecule has 0 bridgehead atoms. The lowest BCUT2D eigenvalue weighted by Crippen LogP contribution is -2.19. The Morgan fingerprint density at radius 2 is 2.00 bits per heavy atom. The van der Waals surface area contributed by atoms with Crippen molar-refractivity contribution in [3.8, 4) is 5.75 Å². The second kappa shape index (κ2) is 6.74. The van der Waals surface area contributed by atoms with E-state index in [0.717, 1.165) is 18.0 Å². The van der Waals surface area contributed by atoms with Crippen molar-refractivity contribution in [3.63, 3.8) is 0 Å². The lowest BCUT2D eigenvalue weighted by Gasteiger charge is -2.21. The first-order valence-electron chi connectivity index (χ1n) is 6.94. The van der Waals surface area contributed by atoms with Crippen LogP contribution in [-0.2, 0) is 6.54 Å². The maximum absolute atomic E-state index is 13.1. The molecule has 0 aliphatic heterocycles. The van der Waals surface area contributed by atoms with Gasteiger partial charge in [-0.2, -0.15) is 0 Å². The third kappa shape index (κ3) is 3.98. The number of phenolic OH excluding ortho intramolecular Hbond substituents is 1. The summed E-state index contributed by atoms with van der Waals surface area (Å²) in [5, 5.41) is 12.4. The molecule has 3 heteroatoms. The molecule has 1 aliphatic carbocycles. The van der Waals surface area contributed by atoms with Gasteiger partial charge in [-0.05, 0) is 36.6 Å². The highest BCUT2D eigenvalue weighted by Crippen LogP contribution is 2.25. The van der Waals surface area contributed by atoms with Gasteiger partial charge in [-0.3, -0.25) is 0 Å². The van der Waals surface area contributed by atoms with Crippen molar-refractivity contribution in [1.82, 2.24) is 5.32 Å². The van der Waals surface area contributed by atoms with Gasteiger partial charge in [0.05, 0.1) is 0 Å². The molecule has 1 aromatic rings. The number of halogens is 1. The Kier molecular flexibility index (Phi) is 5.00. The summed E-state index contributed by atoms with van der Waals surface area (Å²) in [5.74, 6) is 0.0605. The standard InChI is InChI=1S/C15H22FNO/c16-14-10-13(6-7-15(14)18)11-17-9-8-12-4-2-1-3-5-12/h6-7,10,12,17-18H,1-5,8-9,11H2. The fourth-order valence-electron chi connectivity index (χ4n) is 2.68. The lowest BCUT2D eigenvalue weighted by atomic mass is 9.87. The van der Waals surface area contributed by atoms with Crippen molar-refractivity contribution in [2.75, 3.05) is 6.54 Å². The van der Waals surface area contributed by atoms with Gasteiger partial charge in [0.25, 0.3) is 0 Å². The monoisotopic (exact) mass is 251 g/mol. The quantitative estimate of drug-likeness (QED) is 0.784. The van der Waals surface area contributed by atoms with Crippen molar-refractivity contribution in [2.45, 2.75) is 45.1 Å². The second-order valence-electron chi connectivity index (χ2n) is 5.26.